The Morgan fingerprint density at radius 2 is 1.64 bits per heavy atom. The Balaban J connectivity index is -0.000000605. The summed E-state index contributed by atoms with van der Waals surface area (Å²) in [5.41, 5.74) is 0. The minimum Gasteiger partial charge on any atom is -0.109 e. The molecule has 0 heterocycles. The molecule has 14 heavy (non-hydrogen) atoms. The highest BCUT2D eigenvalue weighted by Crippen LogP contribution is 2.11. The third kappa shape index (κ3) is 7.82. The molecular formula is C7H20B7. The van der Waals surface area contributed by atoms with Gasteiger partial charge in [-0.2, -0.15) is 0 Å². The van der Waals surface area contributed by atoms with Crippen molar-refractivity contribution >= 4 is 49.9 Å². The largest absolute Gasteiger partial charge is 0.109 e. The summed E-state index contributed by atoms with van der Waals surface area (Å²) in [7, 11) is 18.4. The van der Waals surface area contributed by atoms with E-state index in [4.69, 9.17) is 23.2 Å². The maximum absolute atomic E-state index is 5.56. The van der Waals surface area contributed by atoms with Crippen LogP contribution in [0, 0.1) is 0 Å². The lowest BCUT2D eigenvalue weighted by Crippen LogP contribution is -2.41. The smallest absolute Gasteiger partial charge is 0.0853 e. The van der Waals surface area contributed by atoms with Gasteiger partial charge in [-0.15, -0.1) is 6.22 Å². The van der Waals surface area contributed by atoms with Gasteiger partial charge in [0.1, 0.15) is 0 Å². The molecule has 0 spiro atoms. The highest BCUT2D eigenvalue weighted by Gasteiger charge is 2.21. The van der Waals surface area contributed by atoms with E-state index in [2.05, 4.69) is 20.7 Å². The van der Waals surface area contributed by atoms with E-state index in [-0.39, 0.29) is 21.2 Å². The minimum atomic E-state index is -0.230. The molecule has 0 bridgehead atoms. The average molecular weight is 180 g/mol. The first-order valence-electron chi connectivity index (χ1n) is 4.55. The second-order valence-electron chi connectivity index (χ2n) is 3.89. The van der Waals surface area contributed by atoms with Crippen LogP contribution in [-0.4, -0.2) is 49.9 Å². The number of rotatable bonds is 5. The lowest BCUT2D eigenvalue weighted by molar-refractivity contribution is 1.05. The second kappa shape index (κ2) is 9.99. The first kappa shape index (κ1) is 19.9. The molecule has 0 atom stereocenters. The van der Waals surface area contributed by atoms with E-state index in [0.717, 1.165) is 6.22 Å². The van der Waals surface area contributed by atoms with Crippen molar-refractivity contribution in [3.63, 3.8) is 0 Å². The van der Waals surface area contributed by atoms with Crippen molar-refractivity contribution < 1.29 is 0 Å². The third-order valence-electron chi connectivity index (χ3n) is 2.40. The Labute approximate surface area is 97.8 Å². The van der Waals surface area contributed by atoms with Crippen LogP contribution in [0.3, 0.4) is 0 Å². The molecule has 0 rings (SSSR count). The van der Waals surface area contributed by atoms with E-state index in [1.54, 1.807) is 7.06 Å². The van der Waals surface area contributed by atoms with Crippen molar-refractivity contribution in [3.8, 4) is 0 Å². The van der Waals surface area contributed by atoms with Crippen molar-refractivity contribution in [1.82, 2.24) is 0 Å². The molecule has 0 aromatic carbocycles. The summed E-state index contributed by atoms with van der Waals surface area (Å²) in [4.78, 5) is 0. The van der Waals surface area contributed by atoms with Crippen LogP contribution < -0.4 is 0 Å². The van der Waals surface area contributed by atoms with Crippen molar-refractivity contribution in [2.24, 2.45) is 0 Å². The maximum atomic E-state index is 5.56. The Morgan fingerprint density at radius 1 is 1.21 bits per heavy atom. The lowest BCUT2D eigenvalue weighted by atomic mass is 8.88. The topological polar surface area (TPSA) is 0 Å². The zero-order chi connectivity index (χ0) is 9.72. The minimum absolute atomic E-state index is 0. The average Bonchev–Trinajstić information content (AvgIpc) is 1.98. The van der Waals surface area contributed by atoms with Crippen molar-refractivity contribution in [2.75, 3.05) is 0 Å². The molecule has 0 amide bonds. The van der Waals surface area contributed by atoms with Gasteiger partial charge in [0.05, 0.1) is 13.2 Å². The predicted octanol–water partition coefficient (Wildman–Crippen LogP) is 1.02. The SMILES string of the molecule is C.C.[B][B]B(CB(C)B([B])[B])C(C)C. The molecule has 0 unspecified atom stereocenters. The Hall–Kier alpha value is 0.455. The van der Waals surface area contributed by atoms with Gasteiger partial charge in [0.15, 0.2) is 0 Å². The van der Waals surface area contributed by atoms with E-state index < -0.39 is 0 Å². The van der Waals surface area contributed by atoms with Crippen LogP contribution in [0.25, 0.3) is 0 Å². The molecule has 7 heteroatoms. The quantitative estimate of drug-likeness (QED) is 0.554. The summed E-state index contributed by atoms with van der Waals surface area (Å²) < 4.78 is 0. The van der Waals surface area contributed by atoms with Gasteiger partial charge < -0.3 is 0 Å². The fourth-order valence-corrected chi connectivity index (χ4v) is 1.16. The molecule has 0 nitrogen and oxygen atoms in total. The molecule has 0 aliphatic rings. The monoisotopic (exact) mass is 181 g/mol. The Bertz CT molecular complexity index is 117. The van der Waals surface area contributed by atoms with Crippen LogP contribution in [0.5, 0.6) is 0 Å². The van der Waals surface area contributed by atoms with Gasteiger partial charge in [0.2, 0.25) is 0 Å². The van der Waals surface area contributed by atoms with Crippen molar-refractivity contribution in [2.45, 2.75) is 47.6 Å². The molecule has 7 radical (unpaired) electrons. The van der Waals surface area contributed by atoms with Crippen LogP contribution in [-0.2, 0) is 0 Å². The zero-order valence-electron chi connectivity index (χ0n) is 8.33. The fourth-order valence-electron chi connectivity index (χ4n) is 1.16. The third-order valence-corrected chi connectivity index (χ3v) is 2.40. The van der Waals surface area contributed by atoms with Crippen LogP contribution in [0.4, 0.5) is 0 Å². The fraction of sp³-hybridized carbons (Fsp3) is 1.00. The van der Waals surface area contributed by atoms with Crippen LogP contribution in [0.2, 0.25) is 18.9 Å². The summed E-state index contributed by atoms with van der Waals surface area (Å²) in [6, 6.07) is 0. The summed E-state index contributed by atoms with van der Waals surface area (Å²) >= 11 is 0. The molecule has 0 aliphatic heterocycles. The molecule has 0 N–H and O–H groups in total. The number of hydrogen-bond acceptors (Lipinski definition) is 0. The second-order valence-corrected chi connectivity index (χ2v) is 3.89. The maximum Gasteiger partial charge on any atom is 0.0853 e. The zero-order valence-corrected chi connectivity index (χ0v) is 8.33. The first-order valence-corrected chi connectivity index (χ1v) is 4.55. The van der Waals surface area contributed by atoms with E-state index in [1.165, 1.54) is 0 Å². The van der Waals surface area contributed by atoms with Gasteiger partial charge in [0.25, 0.3) is 0 Å². The van der Waals surface area contributed by atoms with Gasteiger partial charge >= 0.3 is 0 Å². The summed E-state index contributed by atoms with van der Waals surface area (Å²) in [5.74, 6) is 0.566. The first-order chi connectivity index (χ1) is 5.49. The molecule has 0 fully saturated rings. The van der Waals surface area contributed by atoms with Gasteiger partial charge in [-0.3, -0.25) is 0 Å². The van der Waals surface area contributed by atoms with Crippen molar-refractivity contribution in [3.05, 3.63) is 0 Å². The summed E-state index contributed by atoms with van der Waals surface area (Å²) in [6.07, 6.45) is 0.748. The molecule has 69 valence electrons. The molecular weight excluding hydrogens is 160 g/mol. The van der Waals surface area contributed by atoms with Gasteiger partial charge in [0, 0.05) is 36.7 Å². The molecule has 0 aliphatic carbocycles. The molecule has 0 saturated carbocycles. The highest BCUT2D eigenvalue weighted by molar-refractivity contribution is 7.59. The Morgan fingerprint density at radius 3 is 1.86 bits per heavy atom. The van der Waals surface area contributed by atoms with Gasteiger partial charge in [-0.25, -0.2) is 0 Å². The number of hydrogen-bond donors (Lipinski definition) is 0. The highest BCUT2D eigenvalue weighted by atomic mass is 13.7. The molecule has 0 aromatic rings. The van der Waals surface area contributed by atoms with Crippen molar-refractivity contribution in [1.29, 1.82) is 0 Å². The normalized spacial score (nSPS) is 8.29. The predicted molar refractivity (Wildman–Crippen MR) is 79.5 cm³/mol. The Kier molecular flexibility index (Phi) is 14.2. The van der Waals surface area contributed by atoms with E-state index >= 15 is 0 Å². The van der Waals surface area contributed by atoms with Crippen LogP contribution >= 0.6 is 0 Å². The van der Waals surface area contributed by atoms with Crippen LogP contribution in [0.15, 0.2) is 0 Å². The van der Waals surface area contributed by atoms with Gasteiger partial charge in [-0.05, 0) is 0 Å². The van der Waals surface area contributed by atoms with E-state index in [0.29, 0.717) is 19.0 Å². The standard InChI is InChI=1S/C5H12B7.2CH4/c1-5(2)11(9-6)4-10(3)12(7)8;;/h5H,4H2,1-3H3;2*1H4. The van der Waals surface area contributed by atoms with Crippen LogP contribution in [0.1, 0.15) is 28.7 Å². The molecule has 0 saturated heterocycles. The lowest BCUT2D eigenvalue weighted by Gasteiger charge is -2.20. The summed E-state index contributed by atoms with van der Waals surface area (Å²) in [6.45, 7) is 7.13. The van der Waals surface area contributed by atoms with E-state index in [1.807, 2.05) is 0 Å². The van der Waals surface area contributed by atoms with Gasteiger partial charge in [-0.1, -0.05) is 41.3 Å². The summed E-state index contributed by atoms with van der Waals surface area (Å²) in [5, 5.41) is 0. The van der Waals surface area contributed by atoms with E-state index in [9.17, 15) is 0 Å². The molecule has 0 aromatic heterocycles.